The monoisotopic (exact) mass is 621 g/mol. The van der Waals surface area contributed by atoms with Gasteiger partial charge in [-0.05, 0) is 122 Å². The molecule has 2 spiro atoms. The second kappa shape index (κ2) is 11.6. The first-order chi connectivity index (χ1) is 21.4. The highest BCUT2D eigenvalue weighted by Gasteiger charge is 2.63. The lowest BCUT2D eigenvalue weighted by Crippen LogP contribution is -2.59. The maximum absolute atomic E-state index is 11.5. The van der Waals surface area contributed by atoms with Crippen molar-refractivity contribution in [1.82, 2.24) is 5.32 Å². The van der Waals surface area contributed by atoms with E-state index >= 15 is 0 Å². The molecule has 0 unspecified atom stereocenters. The topological polar surface area (TPSA) is 32.3 Å². The van der Waals surface area contributed by atoms with E-state index in [1.807, 2.05) is 6.07 Å². The lowest BCUT2D eigenvalue weighted by molar-refractivity contribution is -0.107. The summed E-state index contributed by atoms with van der Waals surface area (Å²) >= 11 is 0. The first-order valence-electron chi connectivity index (χ1n) is 17.2. The molecule has 0 saturated heterocycles. The Kier molecular flexibility index (Phi) is 7.76. The van der Waals surface area contributed by atoms with Crippen LogP contribution < -0.4 is 5.32 Å². The van der Waals surface area contributed by atoms with Gasteiger partial charge in [-0.2, -0.15) is 0 Å². The number of phenolic OH excluding ortho intramolecular Hbond substituents is 1. The van der Waals surface area contributed by atoms with Gasteiger partial charge < -0.3 is 10.4 Å². The number of fused-ring (bicyclic) bond motifs is 3. The van der Waals surface area contributed by atoms with Gasteiger partial charge in [-0.25, -0.2) is 0 Å². The third kappa shape index (κ3) is 5.10. The number of aromatic hydroxyl groups is 1. The summed E-state index contributed by atoms with van der Waals surface area (Å²) in [5.74, 6) is 12.0. The van der Waals surface area contributed by atoms with Gasteiger partial charge in [-0.3, -0.25) is 0 Å². The molecule has 2 aromatic carbocycles. The number of hydrogen-bond donors (Lipinski definition) is 2. The van der Waals surface area contributed by atoms with E-state index in [-0.39, 0.29) is 10.8 Å². The van der Waals surface area contributed by atoms with E-state index in [9.17, 15) is 5.11 Å². The number of allylic oxidation sites excluding steroid dienone is 3. The van der Waals surface area contributed by atoms with Gasteiger partial charge in [0, 0.05) is 35.4 Å². The zero-order valence-corrected chi connectivity index (χ0v) is 28.0. The minimum absolute atomic E-state index is 0.243. The summed E-state index contributed by atoms with van der Waals surface area (Å²) in [4.78, 5) is 0. The third-order valence-electron chi connectivity index (χ3n) is 12.3. The molecule has 0 amide bonds. The molecule has 6 aliphatic rings. The number of benzene rings is 2. The average Bonchev–Trinajstić information content (AvgIpc) is 3.00. The van der Waals surface area contributed by atoms with Crippen molar-refractivity contribution in [2.75, 3.05) is 5.75 Å². The Bertz CT molecular complexity index is 1550. The molecule has 7 bridgehead atoms. The van der Waals surface area contributed by atoms with Crippen molar-refractivity contribution in [2.24, 2.45) is 40.4 Å². The molecule has 2 N–H and O–H groups in total. The second-order valence-corrected chi connectivity index (χ2v) is 17.9. The summed E-state index contributed by atoms with van der Waals surface area (Å²) in [6.45, 7) is 5.70. The van der Waals surface area contributed by atoms with Gasteiger partial charge in [0.15, 0.2) is 0 Å². The van der Waals surface area contributed by atoms with Crippen LogP contribution in [0.1, 0.15) is 86.6 Å². The summed E-state index contributed by atoms with van der Waals surface area (Å²) in [6.07, 6.45) is 21.3. The van der Waals surface area contributed by atoms with Crippen molar-refractivity contribution < 1.29 is 5.11 Å². The van der Waals surface area contributed by atoms with Crippen molar-refractivity contribution in [1.29, 1.82) is 0 Å². The first kappa shape index (κ1) is 29.3. The quantitative estimate of drug-likeness (QED) is 0.175. The second-order valence-electron chi connectivity index (χ2n) is 15.3. The van der Waals surface area contributed by atoms with Crippen molar-refractivity contribution in [3.05, 3.63) is 88.5 Å². The molecule has 2 aromatic rings. The lowest BCUT2D eigenvalue weighted by atomic mass is 9.39. The lowest BCUT2D eigenvalue weighted by Gasteiger charge is -2.66. The average molecular weight is 622 g/mol. The molecule has 9 atom stereocenters. The normalized spacial score (nSPS) is 39.1. The van der Waals surface area contributed by atoms with E-state index < -0.39 is 0 Å². The van der Waals surface area contributed by atoms with Crippen LogP contribution in [0.2, 0.25) is 0 Å². The number of phenols is 1. The minimum atomic E-state index is 0.243. The fraction of sp³-hybridized carbons (Fsp3) is 0.550. The van der Waals surface area contributed by atoms with Crippen LogP contribution >= 0.6 is 21.6 Å². The number of hydrogen-bond acceptors (Lipinski definition) is 4. The molecule has 4 heteroatoms. The molecular weight excluding hydrogens is 575 g/mol. The van der Waals surface area contributed by atoms with Crippen molar-refractivity contribution in [2.45, 2.75) is 89.5 Å². The first-order valence-corrected chi connectivity index (χ1v) is 19.6. The molecule has 1 aliphatic heterocycles. The maximum atomic E-state index is 11.5. The van der Waals surface area contributed by atoms with Crippen LogP contribution in [0.5, 0.6) is 5.75 Å². The zero-order valence-electron chi connectivity index (χ0n) is 26.4. The smallest absolute Gasteiger partial charge is 0.131 e. The van der Waals surface area contributed by atoms with E-state index in [1.54, 1.807) is 0 Å². The highest BCUT2D eigenvalue weighted by Crippen LogP contribution is 2.70. The summed E-state index contributed by atoms with van der Waals surface area (Å²) in [5, 5.41) is 15.9. The molecule has 44 heavy (non-hydrogen) atoms. The molecule has 0 aromatic heterocycles. The van der Waals surface area contributed by atoms with E-state index in [0.717, 1.165) is 43.0 Å². The highest BCUT2D eigenvalue weighted by molar-refractivity contribution is 8.77. The fourth-order valence-corrected chi connectivity index (χ4v) is 13.5. The molecule has 2 fully saturated rings. The van der Waals surface area contributed by atoms with E-state index in [2.05, 4.69) is 107 Å². The SMILES string of the molecule is C[C@@H]1CC=C[C@]2(C1)C[C@@H]1CC#Cc3c(O)cc4cc3C[C@H]3C[C@@H]5C[C@]2(C=C[C@H]5SSC[C@H](C)NCc2ccccc2C4)[C@@H]3C1. The van der Waals surface area contributed by atoms with E-state index in [0.29, 0.717) is 40.7 Å². The number of nitrogens with one attached hydrogen (secondary N) is 1. The van der Waals surface area contributed by atoms with Crippen LogP contribution in [0, 0.1) is 52.3 Å². The fourth-order valence-electron chi connectivity index (χ4n) is 10.5. The van der Waals surface area contributed by atoms with Crippen LogP contribution in [0.15, 0.2) is 60.7 Å². The van der Waals surface area contributed by atoms with Crippen molar-refractivity contribution >= 4 is 21.6 Å². The summed E-state index contributed by atoms with van der Waals surface area (Å²) in [6, 6.07) is 13.7. The van der Waals surface area contributed by atoms with Crippen LogP contribution in [0.4, 0.5) is 0 Å². The Hall–Kier alpha value is -2.06. The molecule has 1 heterocycles. The Balaban J connectivity index is 1.28. The predicted octanol–water partition coefficient (Wildman–Crippen LogP) is 9.10. The maximum Gasteiger partial charge on any atom is 0.131 e. The minimum Gasteiger partial charge on any atom is -0.507 e. The van der Waals surface area contributed by atoms with Gasteiger partial charge in [-0.1, -0.05) is 95.0 Å². The molecule has 8 rings (SSSR count). The molecular formula is C40H47NOS2. The van der Waals surface area contributed by atoms with Gasteiger partial charge in [-0.15, -0.1) is 0 Å². The van der Waals surface area contributed by atoms with Crippen molar-refractivity contribution in [3.63, 3.8) is 0 Å². The van der Waals surface area contributed by atoms with E-state index in [4.69, 9.17) is 0 Å². The molecule has 2 saturated carbocycles. The van der Waals surface area contributed by atoms with Crippen molar-refractivity contribution in [3.8, 4) is 17.6 Å². The van der Waals surface area contributed by atoms with Gasteiger partial charge >= 0.3 is 0 Å². The van der Waals surface area contributed by atoms with E-state index in [1.165, 1.54) is 60.8 Å². The van der Waals surface area contributed by atoms with Crippen LogP contribution in [-0.4, -0.2) is 22.2 Å². The predicted molar refractivity (Wildman–Crippen MR) is 187 cm³/mol. The molecule has 2 nitrogen and oxygen atoms in total. The Morgan fingerprint density at radius 3 is 2.75 bits per heavy atom. The van der Waals surface area contributed by atoms with Gasteiger partial charge in [0.2, 0.25) is 0 Å². The molecule has 230 valence electrons. The largest absolute Gasteiger partial charge is 0.507 e. The van der Waals surface area contributed by atoms with Crippen LogP contribution in [0.3, 0.4) is 0 Å². The zero-order chi connectivity index (χ0) is 29.9. The summed E-state index contributed by atoms with van der Waals surface area (Å²) < 4.78 is 0. The summed E-state index contributed by atoms with van der Waals surface area (Å²) in [7, 11) is 4.22. The Morgan fingerprint density at radius 2 is 1.86 bits per heavy atom. The van der Waals surface area contributed by atoms with Gasteiger partial charge in [0.1, 0.15) is 5.75 Å². The standard InChI is InChI=1S/C40H47NOS2/c1-26-7-6-13-39(21-26)22-28-8-5-11-35-32-16-29(18-37(35)42)15-30-9-3-4-10-31(30)24-41-27(2)25-43-44-38-12-14-40(39)23-34(38)20-33(19-32)36(40)17-28/h3-4,6,9-10,12-14,16,18,26-28,33-34,36,38,41-42H,7-8,15,17,19-25H2,1-2H3/t26-,27+,28-,33+,34-,36-,38-,39+,40-/m1/s1. The highest BCUT2D eigenvalue weighted by atomic mass is 33.1. The Morgan fingerprint density at radius 1 is 0.977 bits per heavy atom. The third-order valence-corrected chi connectivity index (χ3v) is 15.4. The van der Waals surface area contributed by atoms with Gasteiger partial charge in [0.25, 0.3) is 0 Å². The molecule has 0 radical (unpaired) electrons. The molecule has 5 aliphatic carbocycles. The van der Waals surface area contributed by atoms with Gasteiger partial charge in [0.05, 0.1) is 5.56 Å². The van der Waals surface area contributed by atoms with Crippen LogP contribution in [0.25, 0.3) is 0 Å². The Labute approximate surface area is 272 Å². The number of rotatable bonds is 0. The summed E-state index contributed by atoms with van der Waals surface area (Å²) in [5.41, 5.74) is 6.59. The van der Waals surface area contributed by atoms with Crippen LogP contribution in [-0.2, 0) is 19.4 Å².